The van der Waals surface area contributed by atoms with Gasteiger partial charge in [-0.25, -0.2) is 4.52 Å². The molecule has 7 heteroatoms. The first-order chi connectivity index (χ1) is 16.7. The number of ether oxygens (including phenoxy) is 1. The quantitative estimate of drug-likeness (QED) is 0.343. The van der Waals surface area contributed by atoms with Crippen LogP contribution in [0.3, 0.4) is 0 Å². The molecule has 0 radical (unpaired) electrons. The number of methoxy groups -OCH3 is 1. The molecule has 1 atom stereocenters. The van der Waals surface area contributed by atoms with Crippen LogP contribution in [0.5, 0.6) is 5.75 Å². The number of aromatic nitrogens is 2. The molecule has 5 aromatic rings. The van der Waals surface area contributed by atoms with E-state index in [1.165, 1.54) is 11.3 Å². The monoisotopic (exact) mass is 469 g/mol. The van der Waals surface area contributed by atoms with Crippen molar-refractivity contribution in [1.29, 1.82) is 0 Å². The third-order valence-corrected chi connectivity index (χ3v) is 6.66. The number of fused-ring (bicyclic) bond motifs is 1. The Bertz CT molecular complexity index is 1430. The van der Waals surface area contributed by atoms with Gasteiger partial charge in [-0.2, -0.15) is 5.10 Å². The number of aliphatic hydroxyl groups is 1. The maximum atomic E-state index is 12.9. The van der Waals surface area contributed by atoms with E-state index >= 15 is 0 Å². The van der Waals surface area contributed by atoms with Gasteiger partial charge in [0.25, 0.3) is 5.91 Å². The minimum Gasteiger partial charge on any atom is -0.494 e. The van der Waals surface area contributed by atoms with Gasteiger partial charge in [0, 0.05) is 17.3 Å². The number of benzene rings is 2. The van der Waals surface area contributed by atoms with Crippen LogP contribution in [-0.4, -0.2) is 34.3 Å². The predicted molar refractivity (Wildman–Crippen MR) is 134 cm³/mol. The highest BCUT2D eigenvalue weighted by molar-refractivity contribution is 7.12. The summed E-state index contributed by atoms with van der Waals surface area (Å²) in [7, 11) is 1.64. The summed E-state index contributed by atoms with van der Waals surface area (Å²) in [6, 6.07) is 22.9. The SMILES string of the molecule is COc1cc(-c2ccccc2)cn2ncc(-c3csc(C(=O)N[C@H](CO)c4ccccc4)c3)c12. The number of carbonyl (C=O) groups is 1. The number of hydrogen-bond donors (Lipinski definition) is 2. The van der Waals surface area contributed by atoms with Gasteiger partial charge in [0.15, 0.2) is 0 Å². The molecule has 0 saturated carbocycles. The molecular formula is C27H23N3O3S. The first kappa shape index (κ1) is 21.9. The summed E-state index contributed by atoms with van der Waals surface area (Å²) < 4.78 is 7.53. The van der Waals surface area contributed by atoms with Crippen molar-refractivity contribution in [2.24, 2.45) is 0 Å². The Kier molecular flexibility index (Phi) is 6.12. The molecule has 34 heavy (non-hydrogen) atoms. The maximum absolute atomic E-state index is 12.9. The highest BCUT2D eigenvalue weighted by atomic mass is 32.1. The Hall–Kier alpha value is -3.94. The van der Waals surface area contributed by atoms with Crippen molar-refractivity contribution in [3.05, 3.63) is 101 Å². The van der Waals surface area contributed by atoms with E-state index in [4.69, 9.17) is 4.74 Å². The van der Waals surface area contributed by atoms with Crippen LogP contribution in [0.2, 0.25) is 0 Å². The van der Waals surface area contributed by atoms with Crippen molar-refractivity contribution in [3.8, 4) is 28.0 Å². The minimum absolute atomic E-state index is 0.178. The fraction of sp³-hybridized carbons (Fsp3) is 0.111. The molecule has 5 rings (SSSR count). The Morgan fingerprint density at radius 2 is 1.79 bits per heavy atom. The molecule has 2 N–H and O–H groups in total. The van der Waals surface area contributed by atoms with E-state index in [1.807, 2.05) is 88.9 Å². The normalized spacial score (nSPS) is 11.9. The van der Waals surface area contributed by atoms with Gasteiger partial charge in [-0.3, -0.25) is 4.79 Å². The van der Waals surface area contributed by atoms with Crippen LogP contribution in [0.1, 0.15) is 21.3 Å². The number of nitrogens with zero attached hydrogens (tertiary/aromatic N) is 2. The zero-order chi connectivity index (χ0) is 23.5. The molecule has 0 bridgehead atoms. The standard InChI is InChI=1S/C27H23N3O3S/c1-33-24-12-20(18-8-4-2-5-9-18)15-30-26(24)22(14-28-30)21-13-25(34-17-21)27(32)29-23(16-31)19-10-6-3-7-11-19/h2-15,17,23,31H,16H2,1H3,(H,29,32)/t23-/m1/s1. The zero-order valence-corrected chi connectivity index (χ0v) is 19.3. The largest absolute Gasteiger partial charge is 0.494 e. The van der Waals surface area contributed by atoms with Crippen molar-refractivity contribution in [1.82, 2.24) is 14.9 Å². The summed E-state index contributed by atoms with van der Waals surface area (Å²) in [6.45, 7) is -0.178. The first-order valence-electron chi connectivity index (χ1n) is 10.8. The van der Waals surface area contributed by atoms with E-state index in [1.54, 1.807) is 13.3 Å². The molecule has 0 aliphatic carbocycles. The zero-order valence-electron chi connectivity index (χ0n) is 18.5. The van der Waals surface area contributed by atoms with E-state index < -0.39 is 6.04 Å². The molecule has 6 nitrogen and oxygen atoms in total. The van der Waals surface area contributed by atoms with Gasteiger partial charge >= 0.3 is 0 Å². The molecule has 0 spiro atoms. The van der Waals surface area contributed by atoms with Gasteiger partial charge in [0.2, 0.25) is 0 Å². The van der Waals surface area contributed by atoms with Gasteiger partial charge in [0.1, 0.15) is 11.3 Å². The van der Waals surface area contributed by atoms with Crippen LogP contribution < -0.4 is 10.1 Å². The second kappa shape index (κ2) is 9.51. The van der Waals surface area contributed by atoms with Crippen molar-refractivity contribution in [2.45, 2.75) is 6.04 Å². The summed E-state index contributed by atoms with van der Waals surface area (Å²) >= 11 is 1.35. The maximum Gasteiger partial charge on any atom is 0.261 e. The Morgan fingerprint density at radius 3 is 2.50 bits per heavy atom. The molecule has 0 aliphatic rings. The Balaban J connectivity index is 1.45. The summed E-state index contributed by atoms with van der Waals surface area (Å²) in [4.78, 5) is 13.5. The van der Waals surface area contributed by atoms with E-state index in [2.05, 4.69) is 10.4 Å². The minimum atomic E-state index is -0.465. The number of pyridine rings is 1. The molecule has 0 unspecified atom stereocenters. The van der Waals surface area contributed by atoms with Gasteiger partial charge in [-0.1, -0.05) is 60.7 Å². The van der Waals surface area contributed by atoms with Crippen molar-refractivity contribution in [2.75, 3.05) is 13.7 Å². The lowest BCUT2D eigenvalue weighted by Gasteiger charge is -2.16. The molecule has 0 saturated heterocycles. The average Bonchev–Trinajstić information content (AvgIpc) is 3.55. The number of thiophene rings is 1. The van der Waals surface area contributed by atoms with Crippen LogP contribution in [0.4, 0.5) is 0 Å². The molecule has 0 aliphatic heterocycles. The van der Waals surface area contributed by atoms with E-state index in [0.29, 0.717) is 10.6 Å². The third kappa shape index (κ3) is 4.19. The van der Waals surface area contributed by atoms with Gasteiger partial charge in [-0.15, -0.1) is 11.3 Å². The Morgan fingerprint density at radius 1 is 1.06 bits per heavy atom. The number of carbonyl (C=O) groups excluding carboxylic acids is 1. The number of aliphatic hydroxyl groups excluding tert-OH is 1. The molecule has 1 amide bonds. The lowest BCUT2D eigenvalue weighted by molar-refractivity contribution is 0.0920. The second-order valence-electron chi connectivity index (χ2n) is 7.83. The first-order valence-corrected chi connectivity index (χ1v) is 11.7. The van der Waals surface area contributed by atoms with Crippen LogP contribution in [-0.2, 0) is 0 Å². The van der Waals surface area contributed by atoms with Crippen LogP contribution in [0.15, 0.2) is 90.6 Å². The number of rotatable bonds is 7. The molecule has 170 valence electrons. The number of amides is 1. The van der Waals surface area contributed by atoms with E-state index in [9.17, 15) is 9.90 Å². The fourth-order valence-corrected chi connectivity index (χ4v) is 4.80. The van der Waals surface area contributed by atoms with Crippen molar-refractivity contribution in [3.63, 3.8) is 0 Å². The molecule has 2 aromatic carbocycles. The Labute approximate surface area is 201 Å². The molecular weight excluding hydrogens is 446 g/mol. The molecule has 0 fully saturated rings. The summed E-state index contributed by atoms with van der Waals surface area (Å²) in [5, 5.41) is 19.2. The van der Waals surface area contributed by atoms with Crippen molar-refractivity contribution >= 4 is 22.8 Å². The smallest absolute Gasteiger partial charge is 0.261 e. The molecule has 3 aromatic heterocycles. The van der Waals surface area contributed by atoms with Crippen LogP contribution in [0, 0.1) is 0 Å². The van der Waals surface area contributed by atoms with Gasteiger partial charge in [0.05, 0.1) is 30.8 Å². The molecule has 3 heterocycles. The van der Waals surface area contributed by atoms with Gasteiger partial charge in [-0.05, 0) is 34.2 Å². The lowest BCUT2D eigenvalue weighted by Crippen LogP contribution is -2.30. The second-order valence-corrected chi connectivity index (χ2v) is 8.74. The summed E-state index contributed by atoms with van der Waals surface area (Å²) in [6.07, 6.45) is 3.76. The van der Waals surface area contributed by atoms with E-state index in [0.717, 1.165) is 33.3 Å². The number of nitrogens with one attached hydrogen (secondary N) is 1. The highest BCUT2D eigenvalue weighted by Gasteiger charge is 2.19. The van der Waals surface area contributed by atoms with Crippen LogP contribution >= 0.6 is 11.3 Å². The fourth-order valence-electron chi connectivity index (χ4n) is 3.99. The summed E-state index contributed by atoms with van der Waals surface area (Å²) in [5.41, 5.74) is 5.54. The lowest BCUT2D eigenvalue weighted by atomic mass is 10.1. The van der Waals surface area contributed by atoms with Gasteiger partial charge < -0.3 is 15.2 Å². The van der Waals surface area contributed by atoms with Crippen molar-refractivity contribution < 1.29 is 14.6 Å². The van der Waals surface area contributed by atoms with E-state index in [-0.39, 0.29) is 12.5 Å². The van der Waals surface area contributed by atoms with Crippen LogP contribution in [0.25, 0.3) is 27.8 Å². The highest BCUT2D eigenvalue weighted by Crippen LogP contribution is 2.36. The predicted octanol–water partition coefficient (Wildman–Crippen LogP) is 5.20. The number of hydrogen-bond acceptors (Lipinski definition) is 5. The summed E-state index contributed by atoms with van der Waals surface area (Å²) in [5.74, 6) is 0.476. The topological polar surface area (TPSA) is 75.9 Å². The third-order valence-electron chi connectivity index (χ3n) is 5.73. The average molecular weight is 470 g/mol.